The predicted octanol–water partition coefficient (Wildman–Crippen LogP) is 4.90. The highest BCUT2D eigenvalue weighted by Gasteiger charge is 2.36. The molecule has 0 atom stereocenters. The number of nitro groups is 2. The number of nitro benzene ring substituents is 2. The first-order valence-electron chi connectivity index (χ1n) is 7.92. The first-order chi connectivity index (χ1) is 14.1. The number of aromatic nitrogens is 2. The summed E-state index contributed by atoms with van der Waals surface area (Å²) in [6.07, 6.45) is -4.39. The van der Waals surface area contributed by atoms with Crippen LogP contribution in [0.5, 0.6) is 23.4 Å². The molecule has 0 unspecified atom stereocenters. The minimum absolute atomic E-state index is 0.0432. The highest BCUT2D eigenvalue weighted by molar-refractivity contribution is 5.40. The Hall–Kier alpha value is -4.29. The van der Waals surface area contributed by atoms with Crippen LogP contribution in [0, 0.1) is 20.2 Å². The van der Waals surface area contributed by atoms with Crippen molar-refractivity contribution in [2.24, 2.45) is 0 Å². The fraction of sp³-hybridized carbons (Fsp3) is 0.0588. The summed E-state index contributed by atoms with van der Waals surface area (Å²) < 4.78 is 50.1. The van der Waals surface area contributed by atoms with E-state index in [0.29, 0.717) is 6.20 Å². The Morgan fingerprint density at radius 2 is 1.27 bits per heavy atom. The van der Waals surface area contributed by atoms with Crippen molar-refractivity contribution >= 4 is 11.4 Å². The third kappa shape index (κ3) is 4.76. The van der Waals surface area contributed by atoms with Gasteiger partial charge in [-0.05, 0) is 24.3 Å². The van der Waals surface area contributed by atoms with Crippen LogP contribution in [0.15, 0.2) is 54.7 Å². The van der Waals surface area contributed by atoms with Gasteiger partial charge in [-0.3, -0.25) is 20.2 Å². The number of rotatable bonds is 6. The second-order valence-electron chi connectivity index (χ2n) is 5.58. The minimum atomic E-state index is -4.85. The number of non-ortho nitro benzene ring substituents is 2. The maximum Gasteiger partial charge on any atom is 0.423 e. The summed E-state index contributed by atoms with van der Waals surface area (Å²) in [5.74, 6) is -0.976. The highest BCUT2D eigenvalue weighted by atomic mass is 19.4. The number of benzene rings is 2. The van der Waals surface area contributed by atoms with Crippen molar-refractivity contribution in [1.29, 1.82) is 0 Å². The molecular formula is C17H9F3N4O6. The average Bonchev–Trinajstić information content (AvgIpc) is 2.68. The minimum Gasteiger partial charge on any atom is -0.438 e. The molecule has 0 aliphatic rings. The fourth-order valence-corrected chi connectivity index (χ4v) is 2.16. The number of nitrogens with zero attached hydrogens (tertiary/aromatic N) is 4. The summed E-state index contributed by atoms with van der Waals surface area (Å²) in [4.78, 5) is 27.1. The maximum atomic E-state index is 13.2. The molecule has 0 N–H and O–H groups in total. The SMILES string of the molecule is O=[N+]([O-])c1ccc(Oc2ncc(C(F)(F)F)c(Oc3ccc([N+](=O)[O-])cc3)n2)cc1. The van der Waals surface area contributed by atoms with Crippen LogP contribution < -0.4 is 9.47 Å². The van der Waals surface area contributed by atoms with Gasteiger partial charge < -0.3 is 9.47 Å². The van der Waals surface area contributed by atoms with E-state index >= 15 is 0 Å². The fourth-order valence-electron chi connectivity index (χ4n) is 2.16. The molecule has 0 bridgehead atoms. The molecule has 0 saturated heterocycles. The van der Waals surface area contributed by atoms with E-state index in [4.69, 9.17) is 9.47 Å². The van der Waals surface area contributed by atoms with Gasteiger partial charge in [0.15, 0.2) is 0 Å². The van der Waals surface area contributed by atoms with Gasteiger partial charge in [-0.15, -0.1) is 0 Å². The molecule has 0 fully saturated rings. The molecular weight excluding hydrogens is 413 g/mol. The summed E-state index contributed by atoms with van der Waals surface area (Å²) >= 11 is 0. The number of hydrogen-bond acceptors (Lipinski definition) is 8. The maximum absolute atomic E-state index is 13.2. The second kappa shape index (κ2) is 7.98. The number of halogens is 3. The van der Waals surface area contributed by atoms with Gasteiger partial charge in [0, 0.05) is 24.3 Å². The molecule has 0 saturated carbocycles. The lowest BCUT2D eigenvalue weighted by Crippen LogP contribution is -2.10. The van der Waals surface area contributed by atoms with Crippen LogP contribution in [-0.4, -0.2) is 19.8 Å². The smallest absolute Gasteiger partial charge is 0.423 e. The van der Waals surface area contributed by atoms with Gasteiger partial charge in [-0.25, -0.2) is 4.98 Å². The lowest BCUT2D eigenvalue weighted by Gasteiger charge is -2.13. The molecule has 0 spiro atoms. The van der Waals surface area contributed by atoms with Crippen molar-refractivity contribution in [3.8, 4) is 23.4 Å². The van der Waals surface area contributed by atoms with E-state index in [0.717, 1.165) is 36.4 Å². The summed E-state index contributed by atoms with van der Waals surface area (Å²) in [5, 5.41) is 21.3. The van der Waals surface area contributed by atoms with Crippen molar-refractivity contribution in [3.05, 3.63) is 80.5 Å². The lowest BCUT2D eigenvalue weighted by molar-refractivity contribution is -0.385. The van der Waals surface area contributed by atoms with Crippen molar-refractivity contribution < 1.29 is 32.5 Å². The van der Waals surface area contributed by atoms with Crippen LogP contribution in [-0.2, 0) is 6.18 Å². The van der Waals surface area contributed by atoms with E-state index in [2.05, 4.69) is 9.97 Å². The quantitative estimate of drug-likeness (QED) is 0.405. The largest absolute Gasteiger partial charge is 0.438 e. The molecule has 154 valence electrons. The van der Waals surface area contributed by atoms with E-state index in [1.165, 1.54) is 12.1 Å². The Morgan fingerprint density at radius 3 is 1.70 bits per heavy atom. The van der Waals surface area contributed by atoms with E-state index in [1.807, 2.05) is 0 Å². The van der Waals surface area contributed by atoms with Crippen LogP contribution in [0.1, 0.15) is 5.56 Å². The van der Waals surface area contributed by atoms with Gasteiger partial charge in [0.05, 0.1) is 16.0 Å². The molecule has 0 amide bonds. The summed E-state index contributed by atoms with van der Waals surface area (Å²) in [6, 6.07) is 8.52. The molecule has 1 aromatic heterocycles. The van der Waals surface area contributed by atoms with Crippen LogP contribution >= 0.6 is 0 Å². The highest BCUT2D eigenvalue weighted by Crippen LogP contribution is 2.38. The Morgan fingerprint density at radius 1 is 0.800 bits per heavy atom. The van der Waals surface area contributed by atoms with E-state index in [-0.39, 0.29) is 22.9 Å². The van der Waals surface area contributed by atoms with Gasteiger partial charge in [-0.2, -0.15) is 18.2 Å². The molecule has 30 heavy (non-hydrogen) atoms. The van der Waals surface area contributed by atoms with Gasteiger partial charge in [-0.1, -0.05) is 0 Å². The monoisotopic (exact) mass is 422 g/mol. The van der Waals surface area contributed by atoms with Crippen molar-refractivity contribution in [1.82, 2.24) is 9.97 Å². The van der Waals surface area contributed by atoms with E-state index in [1.54, 1.807) is 0 Å². The number of alkyl halides is 3. The molecule has 0 aliphatic carbocycles. The molecule has 2 aromatic carbocycles. The normalized spacial score (nSPS) is 11.0. The number of ether oxygens (including phenoxy) is 2. The number of hydrogen-bond donors (Lipinski definition) is 0. The Kier molecular flexibility index (Phi) is 5.44. The Bertz CT molecular complexity index is 1090. The van der Waals surface area contributed by atoms with Gasteiger partial charge in [0.25, 0.3) is 11.4 Å². The summed E-state index contributed by atoms with van der Waals surface area (Å²) in [7, 11) is 0. The average molecular weight is 422 g/mol. The molecule has 3 rings (SSSR count). The first-order valence-corrected chi connectivity index (χ1v) is 7.92. The molecule has 0 aliphatic heterocycles. The van der Waals surface area contributed by atoms with Crippen molar-refractivity contribution in [2.75, 3.05) is 0 Å². The van der Waals surface area contributed by atoms with Crippen LogP contribution in [0.25, 0.3) is 0 Å². The van der Waals surface area contributed by atoms with Gasteiger partial charge in [0.1, 0.15) is 17.1 Å². The zero-order valence-corrected chi connectivity index (χ0v) is 14.6. The van der Waals surface area contributed by atoms with Crippen LogP contribution in [0.3, 0.4) is 0 Å². The van der Waals surface area contributed by atoms with Crippen molar-refractivity contribution in [3.63, 3.8) is 0 Å². The zero-order valence-electron chi connectivity index (χ0n) is 14.6. The van der Waals surface area contributed by atoms with Gasteiger partial charge >= 0.3 is 12.2 Å². The second-order valence-corrected chi connectivity index (χ2v) is 5.58. The van der Waals surface area contributed by atoms with Crippen LogP contribution in [0.4, 0.5) is 24.5 Å². The topological polar surface area (TPSA) is 131 Å². The predicted molar refractivity (Wildman–Crippen MR) is 93.4 cm³/mol. The lowest BCUT2D eigenvalue weighted by atomic mass is 10.3. The molecule has 10 nitrogen and oxygen atoms in total. The Labute approximate surface area is 164 Å². The van der Waals surface area contributed by atoms with Crippen molar-refractivity contribution in [2.45, 2.75) is 6.18 Å². The third-order valence-corrected chi connectivity index (χ3v) is 3.56. The first kappa shape index (κ1) is 20.4. The van der Waals surface area contributed by atoms with Crippen LogP contribution in [0.2, 0.25) is 0 Å². The third-order valence-electron chi connectivity index (χ3n) is 3.56. The summed E-state index contributed by atoms with van der Waals surface area (Å²) in [6.45, 7) is 0. The van der Waals surface area contributed by atoms with E-state index in [9.17, 15) is 33.4 Å². The Balaban J connectivity index is 1.89. The molecule has 13 heteroatoms. The van der Waals surface area contributed by atoms with E-state index < -0.39 is 33.5 Å². The summed E-state index contributed by atoms with van der Waals surface area (Å²) in [5.41, 5.74) is -1.78. The zero-order chi connectivity index (χ0) is 21.9. The van der Waals surface area contributed by atoms with Gasteiger partial charge in [0.2, 0.25) is 5.88 Å². The molecule has 0 radical (unpaired) electrons. The molecule has 3 aromatic rings. The standard InChI is InChI=1S/C17H9F3N4O6/c18-17(19,20)14-9-21-16(30-13-7-3-11(4-8-13)24(27)28)22-15(14)29-12-5-1-10(2-6-12)23(25)26/h1-9H. The molecule has 1 heterocycles.